The molecule has 1 aliphatic carbocycles. The van der Waals surface area contributed by atoms with Gasteiger partial charge in [-0.05, 0) is 24.8 Å². The standard InChI is InChI=1S/C16H19NO5/c1-22-15(21)16-7-3-2-5-10-6-4-8-17(13(10)16)14(20)11(16)9-12(18)19/h4,6,11H,2-3,5,7-9H2,1H3,(H,18,19)/t11-,16-/m0/s1. The average molecular weight is 305 g/mol. The molecule has 6 nitrogen and oxygen atoms in total. The fourth-order valence-corrected chi connectivity index (χ4v) is 4.11. The molecule has 0 aromatic rings. The van der Waals surface area contributed by atoms with Gasteiger partial charge in [-0.1, -0.05) is 18.6 Å². The number of ether oxygens (including phenoxy) is 1. The number of allylic oxidation sites excluding steroid dienone is 2. The Kier molecular flexibility index (Phi) is 3.54. The quantitative estimate of drug-likeness (QED) is 0.798. The molecule has 0 saturated carbocycles. The molecule has 0 aromatic carbocycles. The predicted octanol–water partition coefficient (Wildman–Crippen LogP) is 1.48. The molecule has 0 spiro atoms. The minimum absolute atomic E-state index is 0.272. The maximum atomic E-state index is 12.7. The van der Waals surface area contributed by atoms with Crippen LogP contribution in [0.2, 0.25) is 0 Å². The predicted molar refractivity (Wildman–Crippen MR) is 76.5 cm³/mol. The molecule has 2 aliphatic heterocycles. The minimum atomic E-state index is -1.14. The van der Waals surface area contributed by atoms with E-state index in [9.17, 15) is 19.5 Å². The first-order valence-electron chi connectivity index (χ1n) is 7.54. The zero-order valence-corrected chi connectivity index (χ0v) is 12.5. The van der Waals surface area contributed by atoms with Gasteiger partial charge in [-0.25, -0.2) is 0 Å². The summed E-state index contributed by atoms with van der Waals surface area (Å²) < 4.78 is 5.01. The highest BCUT2D eigenvalue weighted by Gasteiger charge is 2.62. The van der Waals surface area contributed by atoms with Gasteiger partial charge in [0.2, 0.25) is 5.91 Å². The van der Waals surface area contributed by atoms with Gasteiger partial charge < -0.3 is 14.7 Å². The molecular weight excluding hydrogens is 286 g/mol. The van der Waals surface area contributed by atoms with Gasteiger partial charge in [-0.3, -0.25) is 14.4 Å². The molecule has 0 radical (unpaired) electrons. The molecule has 0 aromatic heterocycles. The van der Waals surface area contributed by atoms with Crippen LogP contribution in [-0.4, -0.2) is 41.5 Å². The number of methoxy groups -OCH3 is 1. The summed E-state index contributed by atoms with van der Waals surface area (Å²) in [5.41, 5.74) is 0.520. The van der Waals surface area contributed by atoms with E-state index in [1.165, 1.54) is 7.11 Å². The molecule has 1 fully saturated rings. The number of hydrogen-bond donors (Lipinski definition) is 1. The van der Waals surface area contributed by atoms with E-state index in [0.29, 0.717) is 18.7 Å². The van der Waals surface area contributed by atoms with Crippen molar-refractivity contribution in [2.75, 3.05) is 13.7 Å². The Bertz CT molecular complexity index is 606. The number of amides is 1. The third-order valence-corrected chi connectivity index (χ3v) is 4.96. The second-order valence-electron chi connectivity index (χ2n) is 6.05. The maximum absolute atomic E-state index is 12.7. The highest BCUT2D eigenvalue weighted by molar-refractivity contribution is 5.98. The molecule has 0 unspecified atom stereocenters. The topological polar surface area (TPSA) is 83.9 Å². The normalized spacial score (nSPS) is 30.1. The van der Waals surface area contributed by atoms with Crippen LogP contribution in [0.15, 0.2) is 23.4 Å². The largest absolute Gasteiger partial charge is 0.481 e. The lowest BCUT2D eigenvalue weighted by Crippen LogP contribution is -2.40. The van der Waals surface area contributed by atoms with Gasteiger partial charge in [-0.15, -0.1) is 0 Å². The fraction of sp³-hybridized carbons (Fsp3) is 0.562. The zero-order valence-electron chi connectivity index (χ0n) is 12.5. The number of aliphatic carboxylic acids is 1. The fourth-order valence-electron chi connectivity index (χ4n) is 4.11. The van der Waals surface area contributed by atoms with Crippen LogP contribution in [0.5, 0.6) is 0 Å². The van der Waals surface area contributed by atoms with Crippen molar-refractivity contribution in [3.8, 4) is 0 Å². The van der Waals surface area contributed by atoms with Crippen molar-refractivity contribution in [3.05, 3.63) is 23.4 Å². The lowest BCUT2D eigenvalue weighted by Gasteiger charge is -2.33. The Hall–Kier alpha value is -2.11. The summed E-state index contributed by atoms with van der Waals surface area (Å²) in [5.74, 6) is -2.70. The lowest BCUT2D eigenvalue weighted by molar-refractivity contribution is -0.156. The Labute approximate surface area is 128 Å². The molecule has 1 N–H and O–H groups in total. The number of esters is 1. The molecule has 22 heavy (non-hydrogen) atoms. The molecule has 6 heteroatoms. The van der Waals surface area contributed by atoms with Crippen molar-refractivity contribution in [2.45, 2.75) is 32.1 Å². The van der Waals surface area contributed by atoms with Gasteiger partial charge in [0.05, 0.1) is 19.4 Å². The summed E-state index contributed by atoms with van der Waals surface area (Å²) in [7, 11) is 1.30. The monoisotopic (exact) mass is 305 g/mol. The Morgan fingerprint density at radius 3 is 2.91 bits per heavy atom. The molecular formula is C16H19NO5. The highest BCUT2D eigenvalue weighted by atomic mass is 16.5. The number of hydrogen-bond acceptors (Lipinski definition) is 4. The number of rotatable bonds is 3. The minimum Gasteiger partial charge on any atom is -0.481 e. The average Bonchev–Trinajstić information content (AvgIpc) is 2.65. The first-order valence-corrected chi connectivity index (χ1v) is 7.54. The summed E-state index contributed by atoms with van der Waals surface area (Å²) in [5, 5.41) is 9.21. The maximum Gasteiger partial charge on any atom is 0.318 e. The van der Waals surface area contributed by atoms with E-state index in [2.05, 4.69) is 0 Å². The van der Waals surface area contributed by atoms with Crippen molar-refractivity contribution in [3.63, 3.8) is 0 Å². The van der Waals surface area contributed by atoms with E-state index in [4.69, 9.17) is 4.74 Å². The third kappa shape index (κ3) is 1.90. The summed E-state index contributed by atoms with van der Waals surface area (Å²) in [6, 6.07) is 0. The summed E-state index contributed by atoms with van der Waals surface area (Å²) in [4.78, 5) is 38.2. The van der Waals surface area contributed by atoms with Crippen molar-refractivity contribution in [2.24, 2.45) is 11.3 Å². The lowest BCUT2D eigenvalue weighted by atomic mass is 9.70. The molecule has 0 bridgehead atoms. The Morgan fingerprint density at radius 1 is 1.45 bits per heavy atom. The number of carbonyl (C=O) groups is 3. The Morgan fingerprint density at radius 2 is 2.23 bits per heavy atom. The van der Waals surface area contributed by atoms with Gasteiger partial charge >= 0.3 is 11.9 Å². The first kappa shape index (κ1) is 14.8. The highest BCUT2D eigenvalue weighted by Crippen LogP contribution is 2.55. The molecule has 3 aliphatic rings. The molecule has 1 amide bonds. The summed E-state index contributed by atoms with van der Waals surface area (Å²) in [6.45, 7) is 0.395. The van der Waals surface area contributed by atoms with Crippen LogP contribution in [0.3, 0.4) is 0 Å². The van der Waals surface area contributed by atoms with Crippen LogP contribution in [0.25, 0.3) is 0 Å². The first-order chi connectivity index (χ1) is 10.5. The van der Waals surface area contributed by atoms with Crippen molar-refractivity contribution >= 4 is 17.8 Å². The molecule has 2 heterocycles. The number of carboxylic acids is 1. The van der Waals surface area contributed by atoms with Gasteiger partial charge in [-0.2, -0.15) is 0 Å². The summed E-state index contributed by atoms with van der Waals surface area (Å²) in [6.07, 6.45) is 6.47. The smallest absolute Gasteiger partial charge is 0.318 e. The van der Waals surface area contributed by atoms with E-state index >= 15 is 0 Å². The third-order valence-electron chi connectivity index (χ3n) is 4.96. The van der Waals surface area contributed by atoms with Gasteiger partial charge in [0.25, 0.3) is 0 Å². The second-order valence-corrected chi connectivity index (χ2v) is 6.05. The second kappa shape index (κ2) is 5.26. The van der Waals surface area contributed by atoms with Crippen molar-refractivity contribution in [1.82, 2.24) is 4.90 Å². The number of carbonyl (C=O) groups excluding carboxylic acids is 2. The van der Waals surface area contributed by atoms with E-state index in [1.54, 1.807) is 4.90 Å². The van der Waals surface area contributed by atoms with Crippen LogP contribution >= 0.6 is 0 Å². The van der Waals surface area contributed by atoms with Crippen LogP contribution in [0.4, 0.5) is 0 Å². The Balaban J connectivity index is 2.21. The molecule has 118 valence electrons. The van der Waals surface area contributed by atoms with Crippen LogP contribution < -0.4 is 0 Å². The van der Waals surface area contributed by atoms with Crippen LogP contribution in [0, 0.1) is 11.3 Å². The number of carboxylic acid groups (broad SMARTS) is 1. The van der Waals surface area contributed by atoms with E-state index < -0.39 is 23.3 Å². The van der Waals surface area contributed by atoms with E-state index in [-0.39, 0.29) is 12.3 Å². The molecule has 2 atom stereocenters. The van der Waals surface area contributed by atoms with E-state index in [0.717, 1.165) is 24.8 Å². The molecule has 3 rings (SSSR count). The molecule has 1 saturated heterocycles. The SMILES string of the molecule is COC(=O)[C@]12CCCCC3=C1N(CC=C3)C(=O)[C@@H]2CC(=O)O. The van der Waals surface area contributed by atoms with Gasteiger partial charge in [0.1, 0.15) is 5.41 Å². The van der Waals surface area contributed by atoms with E-state index in [1.807, 2.05) is 12.2 Å². The van der Waals surface area contributed by atoms with Crippen LogP contribution in [0.1, 0.15) is 32.1 Å². The summed E-state index contributed by atoms with van der Waals surface area (Å²) >= 11 is 0. The van der Waals surface area contributed by atoms with Gasteiger partial charge in [0.15, 0.2) is 0 Å². The van der Waals surface area contributed by atoms with Crippen molar-refractivity contribution in [1.29, 1.82) is 0 Å². The van der Waals surface area contributed by atoms with Crippen molar-refractivity contribution < 1.29 is 24.2 Å². The zero-order chi connectivity index (χ0) is 15.9. The number of nitrogens with zero attached hydrogens (tertiary/aromatic N) is 1. The van der Waals surface area contributed by atoms with Gasteiger partial charge in [0, 0.05) is 12.2 Å². The van der Waals surface area contributed by atoms with Crippen LogP contribution in [-0.2, 0) is 19.1 Å².